The molecular formula is C14H13ClN2O. The Morgan fingerprint density at radius 3 is 2.72 bits per heavy atom. The number of hydrogen-bond donors (Lipinski definition) is 0. The van der Waals surface area contributed by atoms with Crippen LogP contribution in [0.25, 0.3) is 0 Å². The first kappa shape index (κ1) is 12.5. The van der Waals surface area contributed by atoms with Gasteiger partial charge in [-0.25, -0.2) is 0 Å². The summed E-state index contributed by atoms with van der Waals surface area (Å²) in [6.45, 7) is 2.65. The van der Waals surface area contributed by atoms with Gasteiger partial charge in [0.15, 0.2) is 0 Å². The van der Waals surface area contributed by atoms with Crippen molar-refractivity contribution in [1.82, 2.24) is 0 Å². The maximum atomic E-state index is 8.80. The molecule has 0 aliphatic rings. The fourth-order valence-corrected chi connectivity index (χ4v) is 2.13. The van der Waals surface area contributed by atoms with Crippen LogP contribution in [0.2, 0.25) is 5.02 Å². The molecule has 0 atom stereocenters. The van der Waals surface area contributed by atoms with Crippen LogP contribution in [0.4, 0.5) is 5.69 Å². The van der Waals surface area contributed by atoms with Gasteiger partial charge in [0, 0.05) is 19.2 Å². The molecule has 1 aromatic carbocycles. The topological polar surface area (TPSA) is 40.2 Å². The summed E-state index contributed by atoms with van der Waals surface area (Å²) in [4.78, 5) is 2.03. The van der Waals surface area contributed by atoms with Crippen LogP contribution in [0.15, 0.2) is 34.9 Å². The summed E-state index contributed by atoms with van der Waals surface area (Å²) in [5.41, 5.74) is 2.59. The van der Waals surface area contributed by atoms with Crippen molar-refractivity contribution in [3.63, 3.8) is 0 Å². The number of aryl methyl sites for hydroxylation is 1. The highest BCUT2D eigenvalue weighted by Gasteiger charge is 2.10. The SMILES string of the molecule is Cc1occc1CN(C)c1ccc(C#N)cc1Cl. The first-order valence-corrected chi connectivity index (χ1v) is 5.93. The zero-order valence-electron chi connectivity index (χ0n) is 10.3. The molecule has 18 heavy (non-hydrogen) atoms. The molecule has 0 bridgehead atoms. The van der Waals surface area contributed by atoms with E-state index in [2.05, 4.69) is 6.07 Å². The van der Waals surface area contributed by atoms with Gasteiger partial charge in [0.05, 0.1) is 28.6 Å². The number of anilines is 1. The fourth-order valence-electron chi connectivity index (χ4n) is 1.80. The zero-order valence-corrected chi connectivity index (χ0v) is 11.0. The number of halogens is 1. The second-order valence-electron chi connectivity index (χ2n) is 4.14. The molecule has 0 saturated carbocycles. The molecule has 1 heterocycles. The van der Waals surface area contributed by atoms with Gasteiger partial charge < -0.3 is 9.32 Å². The van der Waals surface area contributed by atoms with E-state index >= 15 is 0 Å². The van der Waals surface area contributed by atoms with Crippen molar-refractivity contribution >= 4 is 17.3 Å². The minimum atomic E-state index is 0.566. The molecule has 0 aliphatic heterocycles. The van der Waals surface area contributed by atoms with E-state index in [0.29, 0.717) is 17.1 Å². The second kappa shape index (κ2) is 5.16. The van der Waals surface area contributed by atoms with Crippen LogP contribution in [-0.4, -0.2) is 7.05 Å². The second-order valence-corrected chi connectivity index (χ2v) is 4.54. The maximum absolute atomic E-state index is 8.80. The van der Waals surface area contributed by atoms with Crippen LogP contribution in [0, 0.1) is 18.3 Å². The molecule has 0 aliphatic carbocycles. The van der Waals surface area contributed by atoms with E-state index in [0.717, 1.165) is 17.0 Å². The highest BCUT2D eigenvalue weighted by Crippen LogP contribution is 2.27. The summed E-state index contributed by atoms with van der Waals surface area (Å²) in [5, 5.41) is 9.38. The van der Waals surface area contributed by atoms with E-state index < -0.39 is 0 Å². The normalized spacial score (nSPS) is 10.1. The van der Waals surface area contributed by atoms with Gasteiger partial charge in [0.25, 0.3) is 0 Å². The largest absolute Gasteiger partial charge is 0.469 e. The maximum Gasteiger partial charge on any atom is 0.105 e. The van der Waals surface area contributed by atoms with Crippen molar-refractivity contribution in [3.8, 4) is 6.07 Å². The van der Waals surface area contributed by atoms with E-state index in [-0.39, 0.29) is 0 Å². The lowest BCUT2D eigenvalue weighted by Crippen LogP contribution is -2.16. The zero-order chi connectivity index (χ0) is 13.1. The predicted octanol–water partition coefficient (Wildman–Crippen LogP) is 3.75. The molecule has 2 rings (SSSR count). The first-order valence-electron chi connectivity index (χ1n) is 5.55. The molecule has 3 nitrogen and oxygen atoms in total. The molecule has 0 saturated heterocycles. The third kappa shape index (κ3) is 2.49. The number of benzene rings is 1. The summed E-state index contributed by atoms with van der Waals surface area (Å²) in [5.74, 6) is 0.909. The minimum absolute atomic E-state index is 0.566. The predicted molar refractivity (Wildman–Crippen MR) is 71.7 cm³/mol. The minimum Gasteiger partial charge on any atom is -0.469 e. The van der Waals surface area contributed by atoms with Crippen LogP contribution in [0.1, 0.15) is 16.9 Å². The van der Waals surface area contributed by atoms with Crippen LogP contribution in [0.5, 0.6) is 0 Å². The van der Waals surface area contributed by atoms with Gasteiger partial charge in [-0.2, -0.15) is 5.26 Å². The van der Waals surface area contributed by atoms with E-state index in [9.17, 15) is 0 Å². The Kier molecular flexibility index (Phi) is 3.59. The van der Waals surface area contributed by atoms with Gasteiger partial charge in [0.2, 0.25) is 0 Å². The standard InChI is InChI=1S/C14H13ClN2O/c1-10-12(5-6-18-10)9-17(2)14-4-3-11(8-16)7-13(14)15/h3-7H,9H2,1-2H3. The molecule has 2 aromatic rings. The van der Waals surface area contributed by atoms with Gasteiger partial charge in [-0.3, -0.25) is 0 Å². The number of rotatable bonds is 3. The molecular weight excluding hydrogens is 248 g/mol. The Labute approximate surface area is 111 Å². The smallest absolute Gasteiger partial charge is 0.105 e. The monoisotopic (exact) mass is 260 g/mol. The summed E-state index contributed by atoms with van der Waals surface area (Å²) in [6, 6.07) is 9.32. The van der Waals surface area contributed by atoms with Crippen LogP contribution < -0.4 is 4.90 Å². The Morgan fingerprint density at radius 2 is 2.17 bits per heavy atom. The summed E-state index contributed by atoms with van der Waals surface area (Å²) >= 11 is 6.17. The van der Waals surface area contributed by atoms with Crippen molar-refractivity contribution in [2.75, 3.05) is 11.9 Å². The Hall–Kier alpha value is -1.92. The molecule has 92 valence electrons. The third-order valence-corrected chi connectivity index (χ3v) is 3.16. The number of nitriles is 1. The van der Waals surface area contributed by atoms with Crippen molar-refractivity contribution in [2.45, 2.75) is 13.5 Å². The molecule has 4 heteroatoms. The molecule has 1 aromatic heterocycles. The lowest BCUT2D eigenvalue weighted by atomic mass is 10.2. The third-order valence-electron chi connectivity index (χ3n) is 2.86. The number of furan rings is 1. The van der Waals surface area contributed by atoms with Gasteiger partial charge in [0.1, 0.15) is 5.76 Å². The van der Waals surface area contributed by atoms with Gasteiger partial charge in [-0.1, -0.05) is 11.6 Å². The average molecular weight is 261 g/mol. The van der Waals surface area contributed by atoms with Crippen molar-refractivity contribution in [3.05, 3.63) is 52.4 Å². The Bertz CT molecular complexity index is 598. The lowest BCUT2D eigenvalue weighted by Gasteiger charge is -2.20. The van der Waals surface area contributed by atoms with Crippen molar-refractivity contribution in [2.24, 2.45) is 0 Å². The quantitative estimate of drug-likeness (QED) is 0.844. The van der Waals surface area contributed by atoms with E-state index in [4.69, 9.17) is 21.3 Å². The molecule has 0 spiro atoms. The molecule has 0 radical (unpaired) electrons. The van der Waals surface area contributed by atoms with Crippen LogP contribution in [0.3, 0.4) is 0 Å². The van der Waals surface area contributed by atoms with Gasteiger partial charge in [-0.15, -0.1) is 0 Å². The number of nitrogens with zero attached hydrogens (tertiary/aromatic N) is 2. The summed E-state index contributed by atoms with van der Waals surface area (Å²) < 4.78 is 5.27. The molecule has 0 fully saturated rings. The van der Waals surface area contributed by atoms with E-state index in [1.54, 1.807) is 18.4 Å². The van der Waals surface area contributed by atoms with Crippen LogP contribution in [-0.2, 0) is 6.54 Å². The van der Waals surface area contributed by atoms with Crippen molar-refractivity contribution < 1.29 is 4.42 Å². The molecule has 0 N–H and O–H groups in total. The van der Waals surface area contributed by atoms with Gasteiger partial charge >= 0.3 is 0 Å². The van der Waals surface area contributed by atoms with E-state index in [1.807, 2.05) is 31.0 Å². The molecule has 0 amide bonds. The van der Waals surface area contributed by atoms with Crippen molar-refractivity contribution in [1.29, 1.82) is 5.26 Å². The van der Waals surface area contributed by atoms with Crippen LogP contribution >= 0.6 is 11.6 Å². The molecule has 0 unspecified atom stereocenters. The Balaban J connectivity index is 2.22. The first-order chi connectivity index (χ1) is 8.61. The fraction of sp³-hybridized carbons (Fsp3) is 0.214. The summed E-state index contributed by atoms with van der Waals surface area (Å²) in [6.07, 6.45) is 1.68. The average Bonchev–Trinajstić information content (AvgIpc) is 2.74. The lowest BCUT2D eigenvalue weighted by molar-refractivity contribution is 0.529. The highest BCUT2D eigenvalue weighted by atomic mass is 35.5. The Morgan fingerprint density at radius 1 is 1.39 bits per heavy atom. The number of hydrogen-bond acceptors (Lipinski definition) is 3. The van der Waals surface area contributed by atoms with E-state index in [1.165, 1.54) is 0 Å². The van der Waals surface area contributed by atoms with Gasteiger partial charge in [-0.05, 0) is 31.2 Å². The highest BCUT2D eigenvalue weighted by molar-refractivity contribution is 6.33. The summed E-state index contributed by atoms with van der Waals surface area (Å²) in [7, 11) is 1.96.